The molecule has 10 nitrogen and oxygen atoms in total. The predicted octanol–water partition coefficient (Wildman–Crippen LogP) is 4.49. The zero-order valence-corrected chi connectivity index (χ0v) is 20.3. The maximum Gasteiger partial charge on any atom is 0.354 e. The van der Waals surface area contributed by atoms with Gasteiger partial charge in [-0.2, -0.15) is 9.78 Å². The van der Waals surface area contributed by atoms with Gasteiger partial charge >= 0.3 is 5.97 Å². The van der Waals surface area contributed by atoms with Crippen molar-refractivity contribution in [2.24, 2.45) is 0 Å². The van der Waals surface area contributed by atoms with Gasteiger partial charge in [-0.05, 0) is 44.0 Å². The van der Waals surface area contributed by atoms with Crippen molar-refractivity contribution in [3.63, 3.8) is 0 Å². The zero-order chi connectivity index (χ0) is 24.8. The van der Waals surface area contributed by atoms with Gasteiger partial charge in [0.2, 0.25) is 0 Å². The van der Waals surface area contributed by atoms with Crippen LogP contribution >= 0.6 is 11.3 Å². The van der Waals surface area contributed by atoms with Crippen molar-refractivity contribution < 1.29 is 14.3 Å². The van der Waals surface area contributed by atoms with Gasteiger partial charge in [-0.15, -0.1) is 11.3 Å². The predicted molar refractivity (Wildman–Crippen MR) is 135 cm³/mol. The van der Waals surface area contributed by atoms with E-state index in [4.69, 9.17) is 9.72 Å². The molecule has 0 aromatic carbocycles. The summed E-state index contributed by atoms with van der Waals surface area (Å²) in [5.74, 6) is 0.250. The maximum atomic E-state index is 13.5. The van der Waals surface area contributed by atoms with E-state index in [0.717, 1.165) is 24.1 Å². The lowest BCUT2D eigenvalue weighted by Gasteiger charge is -2.08. The number of ether oxygens (including phenoxy) is 1. The third kappa shape index (κ3) is 3.93. The lowest BCUT2D eigenvalue weighted by atomic mass is 10.1. The second-order valence-corrected chi connectivity index (χ2v) is 9.40. The summed E-state index contributed by atoms with van der Waals surface area (Å²) in [5.41, 5.74) is 4.39. The van der Waals surface area contributed by atoms with Crippen molar-refractivity contribution in [3.8, 4) is 17.1 Å². The Morgan fingerprint density at radius 3 is 2.83 bits per heavy atom. The number of rotatable bonds is 6. The highest BCUT2D eigenvalue weighted by atomic mass is 32.1. The van der Waals surface area contributed by atoms with Gasteiger partial charge < -0.3 is 9.72 Å². The number of nitrogens with one attached hydrogen (secondary N) is 2. The van der Waals surface area contributed by atoms with E-state index in [2.05, 4.69) is 25.4 Å². The van der Waals surface area contributed by atoms with Crippen LogP contribution in [0, 0.1) is 6.92 Å². The second kappa shape index (κ2) is 8.68. The van der Waals surface area contributed by atoms with E-state index in [0.29, 0.717) is 50.5 Å². The Morgan fingerprint density at radius 1 is 1.22 bits per heavy atom. The first-order chi connectivity index (χ1) is 17.5. The van der Waals surface area contributed by atoms with Crippen LogP contribution in [0.4, 0.5) is 5.13 Å². The number of aromatic nitrogens is 6. The molecule has 0 unspecified atom stereocenters. The minimum absolute atomic E-state index is 0.279. The summed E-state index contributed by atoms with van der Waals surface area (Å²) in [4.78, 5) is 41.9. The van der Waals surface area contributed by atoms with Gasteiger partial charge in [-0.1, -0.05) is 6.07 Å². The SMILES string of the molecule is COC(=O)c1cc(-c2csc(NC(=O)c3cc(C4CC4)nc4c3c(C)nn4-c3ccccn3)n2)c[nH]1. The molecule has 0 spiro atoms. The van der Waals surface area contributed by atoms with Gasteiger partial charge in [0.05, 0.1) is 29.4 Å². The van der Waals surface area contributed by atoms with Crippen molar-refractivity contribution in [3.05, 3.63) is 70.8 Å². The van der Waals surface area contributed by atoms with E-state index < -0.39 is 5.97 Å². The highest BCUT2D eigenvalue weighted by Gasteiger charge is 2.29. The smallest absolute Gasteiger partial charge is 0.354 e. The summed E-state index contributed by atoms with van der Waals surface area (Å²) in [6, 6.07) is 9.13. The van der Waals surface area contributed by atoms with Crippen LogP contribution in [0.15, 0.2) is 48.1 Å². The van der Waals surface area contributed by atoms with Gasteiger partial charge in [0.15, 0.2) is 16.6 Å². The monoisotopic (exact) mass is 499 g/mol. The lowest BCUT2D eigenvalue weighted by Crippen LogP contribution is -2.13. The van der Waals surface area contributed by atoms with Crippen molar-refractivity contribution in [1.82, 2.24) is 29.7 Å². The molecule has 1 aliphatic carbocycles. The van der Waals surface area contributed by atoms with Crippen molar-refractivity contribution in [2.45, 2.75) is 25.7 Å². The van der Waals surface area contributed by atoms with Gasteiger partial charge in [-0.25, -0.2) is 19.7 Å². The largest absolute Gasteiger partial charge is 0.464 e. The van der Waals surface area contributed by atoms with E-state index in [1.165, 1.54) is 18.4 Å². The van der Waals surface area contributed by atoms with E-state index in [1.54, 1.807) is 23.1 Å². The van der Waals surface area contributed by atoms with Gasteiger partial charge in [0.25, 0.3) is 5.91 Å². The van der Waals surface area contributed by atoms with Crippen LogP contribution in [0.25, 0.3) is 28.1 Å². The molecule has 0 radical (unpaired) electrons. The van der Waals surface area contributed by atoms with Gasteiger partial charge in [0.1, 0.15) is 5.69 Å². The lowest BCUT2D eigenvalue weighted by molar-refractivity contribution is 0.0594. The number of methoxy groups -OCH3 is 1. The number of pyridine rings is 2. The molecule has 0 bridgehead atoms. The molecule has 0 saturated heterocycles. The number of amides is 1. The number of carbonyl (C=O) groups excluding carboxylic acids is 2. The van der Waals surface area contributed by atoms with Gasteiger partial charge in [-0.3, -0.25) is 10.1 Å². The van der Waals surface area contributed by atoms with Crippen LogP contribution in [0.1, 0.15) is 51.0 Å². The molecule has 1 fully saturated rings. The van der Waals surface area contributed by atoms with Crippen LogP contribution < -0.4 is 5.32 Å². The topological polar surface area (TPSA) is 128 Å². The molecular weight excluding hydrogens is 478 g/mol. The molecule has 5 aromatic heterocycles. The summed E-state index contributed by atoms with van der Waals surface area (Å²) in [6.07, 6.45) is 5.48. The number of H-pyrrole nitrogens is 1. The highest BCUT2D eigenvalue weighted by molar-refractivity contribution is 7.14. The molecule has 2 N–H and O–H groups in total. The van der Waals surface area contributed by atoms with Crippen molar-refractivity contribution in [2.75, 3.05) is 12.4 Å². The highest BCUT2D eigenvalue weighted by Crippen LogP contribution is 2.41. The number of nitrogens with zero attached hydrogens (tertiary/aromatic N) is 5. The number of fused-ring (bicyclic) bond motifs is 1. The summed E-state index contributed by atoms with van der Waals surface area (Å²) in [7, 11) is 1.33. The summed E-state index contributed by atoms with van der Waals surface area (Å²) >= 11 is 1.31. The van der Waals surface area contributed by atoms with Gasteiger partial charge in [0, 0.05) is 34.9 Å². The van der Waals surface area contributed by atoms with Crippen LogP contribution in [0.2, 0.25) is 0 Å². The number of hydrogen-bond acceptors (Lipinski definition) is 8. The number of thiazole rings is 1. The number of aryl methyl sites for hydroxylation is 1. The summed E-state index contributed by atoms with van der Waals surface area (Å²) in [5, 5.41) is 10.5. The molecule has 0 atom stereocenters. The molecule has 1 saturated carbocycles. The Hall–Kier alpha value is -4.38. The van der Waals surface area contributed by atoms with E-state index >= 15 is 0 Å². The first kappa shape index (κ1) is 22.1. The van der Waals surface area contributed by atoms with E-state index in [1.807, 2.05) is 36.6 Å². The molecule has 6 rings (SSSR count). The summed E-state index contributed by atoms with van der Waals surface area (Å²) in [6.45, 7) is 1.86. The minimum atomic E-state index is -0.459. The first-order valence-corrected chi connectivity index (χ1v) is 12.3. The number of esters is 1. The van der Waals surface area contributed by atoms with Crippen LogP contribution in [-0.2, 0) is 4.74 Å². The molecule has 1 amide bonds. The third-order valence-corrected chi connectivity index (χ3v) is 6.81. The molecule has 180 valence electrons. The number of anilines is 1. The van der Waals surface area contributed by atoms with Crippen molar-refractivity contribution in [1.29, 1.82) is 0 Å². The Morgan fingerprint density at radius 2 is 2.08 bits per heavy atom. The quantitative estimate of drug-likeness (QED) is 0.329. The first-order valence-electron chi connectivity index (χ1n) is 11.4. The van der Waals surface area contributed by atoms with Crippen LogP contribution in [0.3, 0.4) is 0 Å². The number of hydrogen-bond donors (Lipinski definition) is 2. The van der Waals surface area contributed by atoms with Crippen LogP contribution in [0.5, 0.6) is 0 Å². The summed E-state index contributed by atoms with van der Waals surface area (Å²) < 4.78 is 6.43. The Bertz CT molecular complexity index is 1620. The molecule has 5 aromatic rings. The molecule has 0 aliphatic heterocycles. The minimum Gasteiger partial charge on any atom is -0.464 e. The van der Waals surface area contributed by atoms with E-state index in [9.17, 15) is 9.59 Å². The second-order valence-electron chi connectivity index (χ2n) is 8.54. The molecular formula is C25H21N7O3S. The average Bonchev–Trinajstić information content (AvgIpc) is 3.29. The number of aromatic amines is 1. The fourth-order valence-corrected chi connectivity index (χ4v) is 4.83. The molecule has 5 heterocycles. The fourth-order valence-electron chi connectivity index (χ4n) is 4.11. The van der Waals surface area contributed by atoms with E-state index in [-0.39, 0.29) is 5.91 Å². The maximum absolute atomic E-state index is 13.5. The molecule has 1 aliphatic rings. The normalized spacial score (nSPS) is 13.2. The molecule has 11 heteroatoms. The van der Waals surface area contributed by atoms with Crippen molar-refractivity contribution >= 4 is 39.4 Å². The fraction of sp³-hybridized carbons (Fsp3) is 0.200. The molecule has 36 heavy (non-hydrogen) atoms. The van der Waals surface area contributed by atoms with Crippen LogP contribution in [-0.4, -0.2) is 48.7 Å². The third-order valence-electron chi connectivity index (χ3n) is 6.05. The standard InChI is InChI=1S/C25H21N7O3S/c1-13-21-16(10-17(14-6-7-14)28-22(21)32(31-13)20-5-3-4-8-26-20)23(33)30-25-29-19(12-36-25)15-9-18(27-11-15)24(34)35-2/h3-5,8-12,14,27H,6-7H2,1-2H3,(H,29,30,33). The Kier molecular flexibility index (Phi) is 5.33. The average molecular weight is 500 g/mol. The Labute approximate surface area is 209 Å². The Balaban J connectivity index is 1.35. The zero-order valence-electron chi connectivity index (χ0n) is 19.5. The number of carbonyl (C=O) groups is 2.